The summed E-state index contributed by atoms with van der Waals surface area (Å²) in [5.41, 5.74) is 1.35. The first-order valence-corrected chi connectivity index (χ1v) is 8.03. The molecule has 0 bridgehead atoms. The molecule has 1 heterocycles. The molecule has 0 radical (unpaired) electrons. The third kappa shape index (κ3) is 5.22. The second-order valence-electron chi connectivity index (χ2n) is 5.99. The lowest BCUT2D eigenvalue weighted by molar-refractivity contribution is 0.0601. The summed E-state index contributed by atoms with van der Waals surface area (Å²) in [6.07, 6.45) is 1.08. The minimum Gasteiger partial charge on any atom is -0.465 e. The van der Waals surface area contributed by atoms with Gasteiger partial charge in [0.15, 0.2) is 0 Å². The molecule has 1 aromatic carbocycles. The minimum atomic E-state index is -0.351. The monoisotopic (exact) mass is 328 g/mol. The Kier molecular flexibility index (Phi) is 6.12. The van der Waals surface area contributed by atoms with Crippen molar-refractivity contribution < 1.29 is 9.53 Å². The summed E-state index contributed by atoms with van der Waals surface area (Å²) in [6.45, 7) is 7.12. The fourth-order valence-corrected chi connectivity index (χ4v) is 2.17. The first kappa shape index (κ1) is 17.7. The highest BCUT2D eigenvalue weighted by Crippen LogP contribution is 2.18. The molecule has 0 saturated heterocycles. The predicted molar refractivity (Wildman–Crippen MR) is 95.8 cm³/mol. The number of esters is 1. The standard InChI is InChI=1S/C18H24N4O2/c1-12(2)9-10-19-16-11-17(21-13(3)20-16)22-15-7-5-14(6-8-15)18(23)24-4/h5-8,11-12H,9-10H2,1-4H3,(H2,19,20,21,22). The van der Waals surface area contributed by atoms with E-state index >= 15 is 0 Å². The number of aryl methyl sites for hydroxylation is 1. The van der Waals surface area contributed by atoms with Crippen LogP contribution in [0.25, 0.3) is 0 Å². The van der Waals surface area contributed by atoms with E-state index in [9.17, 15) is 4.79 Å². The van der Waals surface area contributed by atoms with Gasteiger partial charge in [-0.3, -0.25) is 0 Å². The maximum absolute atomic E-state index is 11.4. The van der Waals surface area contributed by atoms with Crippen molar-refractivity contribution in [2.45, 2.75) is 27.2 Å². The lowest BCUT2D eigenvalue weighted by Crippen LogP contribution is -2.08. The SMILES string of the molecule is COC(=O)c1ccc(Nc2cc(NCCC(C)C)nc(C)n2)cc1. The Morgan fingerprint density at radius 3 is 2.46 bits per heavy atom. The Hall–Kier alpha value is -2.63. The van der Waals surface area contributed by atoms with Crippen LogP contribution in [-0.2, 0) is 4.74 Å². The highest BCUT2D eigenvalue weighted by atomic mass is 16.5. The average molecular weight is 328 g/mol. The predicted octanol–water partition coefficient (Wildman–Crippen LogP) is 3.77. The molecular weight excluding hydrogens is 304 g/mol. The van der Waals surface area contributed by atoms with Gasteiger partial charge in [-0.2, -0.15) is 0 Å². The van der Waals surface area contributed by atoms with Gasteiger partial charge in [-0.15, -0.1) is 0 Å². The van der Waals surface area contributed by atoms with E-state index in [4.69, 9.17) is 4.74 Å². The first-order valence-electron chi connectivity index (χ1n) is 8.03. The van der Waals surface area contributed by atoms with Gasteiger partial charge in [-0.1, -0.05) is 13.8 Å². The summed E-state index contributed by atoms with van der Waals surface area (Å²) in [4.78, 5) is 20.2. The third-order valence-corrected chi connectivity index (χ3v) is 3.44. The Bertz CT molecular complexity index is 684. The molecule has 0 atom stereocenters. The van der Waals surface area contributed by atoms with E-state index in [1.165, 1.54) is 7.11 Å². The molecule has 0 amide bonds. The van der Waals surface area contributed by atoms with Crippen LogP contribution in [0.15, 0.2) is 30.3 Å². The Morgan fingerprint density at radius 1 is 1.17 bits per heavy atom. The van der Waals surface area contributed by atoms with E-state index in [2.05, 4.69) is 34.4 Å². The van der Waals surface area contributed by atoms with Crippen molar-refractivity contribution in [2.24, 2.45) is 5.92 Å². The molecule has 0 aliphatic rings. The van der Waals surface area contributed by atoms with Crippen molar-refractivity contribution in [3.8, 4) is 0 Å². The lowest BCUT2D eigenvalue weighted by atomic mass is 10.1. The molecule has 0 spiro atoms. The van der Waals surface area contributed by atoms with Crippen molar-refractivity contribution >= 4 is 23.3 Å². The first-order chi connectivity index (χ1) is 11.5. The van der Waals surface area contributed by atoms with Crippen molar-refractivity contribution in [1.29, 1.82) is 0 Å². The zero-order chi connectivity index (χ0) is 17.5. The van der Waals surface area contributed by atoms with E-state index < -0.39 is 0 Å². The van der Waals surface area contributed by atoms with E-state index in [0.717, 1.165) is 24.5 Å². The van der Waals surface area contributed by atoms with Gasteiger partial charge in [-0.25, -0.2) is 14.8 Å². The molecule has 1 aromatic heterocycles. The van der Waals surface area contributed by atoms with Crippen LogP contribution in [0.3, 0.4) is 0 Å². The number of nitrogens with zero attached hydrogens (tertiary/aromatic N) is 2. The molecule has 0 unspecified atom stereocenters. The minimum absolute atomic E-state index is 0.351. The summed E-state index contributed by atoms with van der Waals surface area (Å²) in [6, 6.07) is 8.93. The maximum atomic E-state index is 11.4. The van der Waals surface area contributed by atoms with E-state index in [0.29, 0.717) is 23.1 Å². The van der Waals surface area contributed by atoms with Crippen molar-refractivity contribution in [3.05, 3.63) is 41.7 Å². The molecule has 0 fully saturated rings. The van der Waals surface area contributed by atoms with Crippen molar-refractivity contribution in [3.63, 3.8) is 0 Å². The molecule has 2 aromatic rings. The molecule has 6 nitrogen and oxygen atoms in total. The van der Waals surface area contributed by atoms with Crippen molar-refractivity contribution in [1.82, 2.24) is 9.97 Å². The molecule has 0 aliphatic heterocycles. The number of rotatable bonds is 7. The van der Waals surface area contributed by atoms with Gasteiger partial charge < -0.3 is 15.4 Å². The van der Waals surface area contributed by atoms with Crippen molar-refractivity contribution in [2.75, 3.05) is 24.3 Å². The molecule has 2 N–H and O–H groups in total. The third-order valence-electron chi connectivity index (χ3n) is 3.44. The number of hydrogen-bond acceptors (Lipinski definition) is 6. The van der Waals surface area contributed by atoms with Gasteiger partial charge >= 0.3 is 5.97 Å². The van der Waals surface area contributed by atoms with Crippen LogP contribution in [0.2, 0.25) is 0 Å². The van der Waals surface area contributed by atoms with Crippen LogP contribution in [0.1, 0.15) is 36.5 Å². The van der Waals surface area contributed by atoms with Gasteiger partial charge in [-0.05, 0) is 43.5 Å². The fraction of sp³-hybridized carbons (Fsp3) is 0.389. The summed E-state index contributed by atoms with van der Waals surface area (Å²) >= 11 is 0. The van der Waals surface area contributed by atoms with E-state index in [1.54, 1.807) is 12.1 Å². The molecule has 128 valence electrons. The second kappa shape index (κ2) is 8.29. The topological polar surface area (TPSA) is 76.1 Å². The van der Waals surface area contributed by atoms with Gasteiger partial charge in [0.05, 0.1) is 12.7 Å². The number of aromatic nitrogens is 2. The van der Waals surface area contributed by atoms with Gasteiger partial charge in [0, 0.05) is 18.3 Å². The number of benzene rings is 1. The number of hydrogen-bond donors (Lipinski definition) is 2. The largest absolute Gasteiger partial charge is 0.465 e. The summed E-state index contributed by atoms with van der Waals surface area (Å²) < 4.78 is 4.69. The van der Waals surface area contributed by atoms with Crippen LogP contribution < -0.4 is 10.6 Å². The molecule has 0 aliphatic carbocycles. The number of methoxy groups -OCH3 is 1. The maximum Gasteiger partial charge on any atom is 0.337 e. The molecule has 2 rings (SSSR count). The summed E-state index contributed by atoms with van der Waals surface area (Å²) in [5, 5.41) is 6.55. The van der Waals surface area contributed by atoms with E-state index in [1.807, 2.05) is 25.1 Å². The Morgan fingerprint density at radius 2 is 1.83 bits per heavy atom. The van der Waals surface area contributed by atoms with E-state index in [-0.39, 0.29) is 5.97 Å². The van der Waals surface area contributed by atoms with Gasteiger partial charge in [0.25, 0.3) is 0 Å². The number of ether oxygens (including phenoxy) is 1. The zero-order valence-electron chi connectivity index (χ0n) is 14.6. The number of carbonyl (C=O) groups is 1. The normalized spacial score (nSPS) is 10.5. The fourth-order valence-electron chi connectivity index (χ4n) is 2.17. The Balaban J connectivity index is 2.06. The quantitative estimate of drug-likeness (QED) is 0.753. The lowest BCUT2D eigenvalue weighted by Gasteiger charge is -2.11. The van der Waals surface area contributed by atoms with Crippen LogP contribution in [-0.4, -0.2) is 29.6 Å². The summed E-state index contributed by atoms with van der Waals surface area (Å²) in [5.74, 6) is 2.50. The average Bonchev–Trinajstić information content (AvgIpc) is 2.54. The van der Waals surface area contributed by atoms with Crippen LogP contribution in [0, 0.1) is 12.8 Å². The van der Waals surface area contributed by atoms with Gasteiger partial charge in [0.2, 0.25) is 0 Å². The van der Waals surface area contributed by atoms with Crippen LogP contribution in [0.5, 0.6) is 0 Å². The second-order valence-corrected chi connectivity index (χ2v) is 5.99. The highest BCUT2D eigenvalue weighted by molar-refractivity contribution is 5.89. The molecular formula is C18H24N4O2. The number of anilines is 3. The number of nitrogens with one attached hydrogen (secondary N) is 2. The smallest absolute Gasteiger partial charge is 0.337 e. The van der Waals surface area contributed by atoms with Crippen LogP contribution >= 0.6 is 0 Å². The van der Waals surface area contributed by atoms with Gasteiger partial charge in [0.1, 0.15) is 17.5 Å². The molecule has 6 heteroatoms. The van der Waals surface area contributed by atoms with Crippen LogP contribution in [0.4, 0.5) is 17.3 Å². The Labute approximate surface area is 142 Å². The highest BCUT2D eigenvalue weighted by Gasteiger charge is 2.06. The molecule has 0 saturated carbocycles. The summed E-state index contributed by atoms with van der Waals surface area (Å²) in [7, 11) is 1.37. The number of carbonyl (C=O) groups excluding carboxylic acids is 1. The zero-order valence-corrected chi connectivity index (χ0v) is 14.6. The molecule has 24 heavy (non-hydrogen) atoms.